The van der Waals surface area contributed by atoms with Gasteiger partial charge in [-0.3, -0.25) is 20.2 Å². The molecule has 32 heavy (non-hydrogen) atoms. The summed E-state index contributed by atoms with van der Waals surface area (Å²) in [5.74, 6) is -1.71. The van der Waals surface area contributed by atoms with Crippen LogP contribution in [0.3, 0.4) is 0 Å². The number of benzene rings is 1. The Morgan fingerprint density at radius 2 is 2.00 bits per heavy atom. The molecule has 3 amide bonds. The molecule has 0 bridgehead atoms. The molecular formula is C20H22N4O7S. The number of morpholine rings is 1. The second-order valence-electron chi connectivity index (χ2n) is 6.77. The molecule has 11 nitrogen and oxygen atoms in total. The van der Waals surface area contributed by atoms with Gasteiger partial charge in [-0.25, -0.2) is 9.59 Å². The van der Waals surface area contributed by atoms with Crippen LogP contribution in [0.5, 0.6) is 0 Å². The fourth-order valence-corrected chi connectivity index (χ4v) is 3.76. The first-order chi connectivity index (χ1) is 15.4. The molecule has 170 valence electrons. The minimum absolute atomic E-state index is 0.0331. The van der Waals surface area contributed by atoms with Crippen molar-refractivity contribution in [1.29, 1.82) is 0 Å². The molecule has 0 atom stereocenters. The average molecular weight is 462 g/mol. The van der Waals surface area contributed by atoms with Crippen molar-refractivity contribution >= 4 is 40.6 Å². The quantitative estimate of drug-likeness (QED) is 0.343. The number of nitrogens with one attached hydrogen (secondary N) is 2. The second-order valence-corrected chi connectivity index (χ2v) is 7.80. The number of imide groups is 1. The Labute approximate surface area is 187 Å². The molecule has 0 radical (unpaired) electrons. The summed E-state index contributed by atoms with van der Waals surface area (Å²) >= 11 is 1.56. The third-order valence-electron chi connectivity index (χ3n) is 4.59. The van der Waals surface area contributed by atoms with E-state index in [1.54, 1.807) is 11.3 Å². The summed E-state index contributed by atoms with van der Waals surface area (Å²) in [6, 6.07) is 7.03. The van der Waals surface area contributed by atoms with Gasteiger partial charge in [0.05, 0.1) is 29.4 Å². The van der Waals surface area contributed by atoms with Gasteiger partial charge in [0, 0.05) is 36.6 Å². The van der Waals surface area contributed by atoms with Crippen molar-refractivity contribution in [3.63, 3.8) is 0 Å². The lowest BCUT2D eigenvalue weighted by atomic mass is 10.1. The number of hydrogen-bond donors (Lipinski definition) is 2. The number of rotatable bonds is 8. The third-order valence-corrected chi connectivity index (χ3v) is 5.52. The number of nitrogens with zero attached hydrogens (tertiary/aromatic N) is 2. The summed E-state index contributed by atoms with van der Waals surface area (Å²) in [5.41, 5.74) is 0.147. The molecule has 1 aromatic carbocycles. The minimum atomic E-state index is -0.900. The molecule has 1 aromatic heterocycles. The lowest BCUT2D eigenvalue weighted by molar-refractivity contribution is -0.384. The van der Waals surface area contributed by atoms with E-state index in [9.17, 15) is 24.5 Å². The first-order valence-corrected chi connectivity index (χ1v) is 10.7. The number of urea groups is 1. The molecule has 1 aliphatic heterocycles. The summed E-state index contributed by atoms with van der Waals surface area (Å²) in [4.78, 5) is 49.8. The monoisotopic (exact) mass is 462 g/mol. The second kappa shape index (κ2) is 11.2. The van der Waals surface area contributed by atoms with Crippen molar-refractivity contribution in [3.05, 3.63) is 56.3 Å². The largest absolute Gasteiger partial charge is 0.452 e. The maximum absolute atomic E-state index is 12.6. The number of hydrogen-bond acceptors (Lipinski definition) is 9. The number of esters is 1. The maximum atomic E-state index is 12.6. The zero-order chi connectivity index (χ0) is 22.9. The van der Waals surface area contributed by atoms with E-state index in [4.69, 9.17) is 9.47 Å². The van der Waals surface area contributed by atoms with Gasteiger partial charge in [0.1, 0.15) is 0 Å². The maximum Gasteiger partial charge on any atom is 0.341 e. The van der Waals surface area contributed by atoms with Crippen LogP contribution in [-0.4, -0.2) is 62.3 Å². The summed E-state index contributed by atoms with van der Waals surface area (Å²) in [7, 11) is 0. The molecule has 3 rings (SSSR count). The van der Waals surface area contributed by atoms with Crippen molar-refractivity contribution in [1.82, 2.24) is 10.6 Å². The lowest BCUT2D eigenvalue weighted by Gasteiger charge is -2.30. The van der Waals surface area contributed by atoms with Gasteiger partial charge < -0.3 is 19.7 Å². The van der Waals surface area contributed by atoms with Crippen LogP contribution in [0.2, 0.25) is 0 Å². The van der Waals surface area contributed by atoms with E-state index < -0.39 is 29.4 Å². The van der Waals surface area contributed by atoms with E-state index in [1.165, 1.54) is 12.1 Å². The van der Waals surface area contributed by atoms with Crippen LogP contribution in [0.4, 0.5) is 16.2 Å². The normalized spacial score (nSPS) is 13.3. The average Bonchev–Trinajstić information content (AvgIpc) is 3.31. The van der Waals surface area contributed by atoms with Gasteiger partial charge in [-0.1, -0.05) is 6.07 Å². The van der Waals surface area contributed by atoms with Crippen LogP contribution in [0.15, 0.2) is 35.7 Å². The van der Waals surface area contributed by atoms with E-state index in [0.29, 0.717) is 45.0 Å². The number of thiophene rings is 1. The van der Waals surface area contributed by atoms with Crippen molar-refractivity contribution < 1.29 is 28.8 Å². The zero-order valence-electron chi connectivity index (χ0n) is 17.1. The molecule has 2 heterocycles. The van der Waals surface area contributed by atoms with Gasteiger partial charge in [0.25, 0.3) is 11.6 Å². The molecule has 2 aromatic rings. The molecule has 2 N–H and O–H groups in total. The van der Waals surface area contributed by atoms with Gasteiger partial charge in [-0.05, 0) is 23.9 Å². The van der Waals surface area contributed by atoms with Gasteiger partial charge in [0.15, 0.2) is 6.61 Å². The van der Waals surface area contributed by atoms with Crippen LogP contribution in [0, 0.1) is 10.1 Å². The lowest BCUT2D eigenvalue weighted by Crippen LogP contribution is -2.42. The summed E-state index contributed by atoms with van der Waals surface area (Å²) in [5, 5.41) is 17.7. The van der Waals surface area contributed by atoms with Crippen LogP contribution in [0.1, 0.15) is 15.2 Å². The van der Waals surface area contributed by atoms with Crippen LogP contribution < -0.4 is 15.5 Å². The van der Waals surface area contributed by atoms with E-state index in [1.807, 2.05) is 22.4 Å². The Morgan fingerprint density at radius 3 is 2.69 bits per heavy atom. The van der Waals surface area contributed by atoms with E-state index in [2.05, 4.69) is 10.6 Å². The standard InChI is InChI=1S/C20H22N4O7S/c25-18(22-20(27)21-6-5-15-2-1-11-32-15)13-31-19(26)16-12-14(24(28)29)3-4-17(16)23-7-9-30-10-8-23/h1-4,11-12H,5-10,13H2,(H2,21,22,25,27). The van der Waals surface area contributed by atoms with Crippen molar-refractivity contribution in [3.8, 4) is 0 Å². The highest BCUT2D eigenvalue weighted by Gasteiger charge is 2.23. The Morgan fingerprint density at radius 1 is 1.22 bits per heavy atom. The van der Waals surface area contributed by atoms with Crippen molar-refractivity contribution in [2.24, 2.45) is 0 Å². The highest BCUT2D eigenvalue weighted by molar-refractivity contribution is 7.09. The number of amides is 3. The van der Waals surface area contributed by atoms with Crippen molar-refractivity contribution in [2.75, 3.05) is 44.4 Å². The Kier molecular flexibility index (Phi) is 8.11. The Hall–Kier alpha value is -3.51. The number of nitro benzene ring substituents is 1. The van der Waals surface area contributed by atoms with Gasteiger partial charge >= 0.3 is 12.0 Å². The summed E-state index contributed by atoms with van der Waals surface area (Å²) in [6.07, 6.45) is 0.630. The van der Waals surface area contributed by atoms with E-state index in [-0.39, 0.29) is 11.3 Å². The predicted octanol–water partition coefficient (Wildman–Crippen LogP) is 1.72. The molecule has 0 saturated carbocycles. The van der Waals surface area contributed by atoms with Gasteiger partial charge in [-0.15, -0.1) is 11.3 Å². The predicted molar refractivity (Wildman–Crippen MR) is 116 cm³/mol. The minimum Gasteiger partial charge on any atom is -0.452 e. The Bertz CT molecular complexity index is 974. The highest BCUT2D eigenvalue weighted by atomic mass is 32.1. The van der Waals surface area contributed by atoms with Crippen LogP contribution in [0.25, 0.3) is 0 Å². The molecule has 0 aliphatic carbocycles. The molecule has 1 fully saturated rings. The van der Waals surface area contributed by atoms with Crippen molar-refractivity contribution in [2.45, 2.75) is 6.42 Å². The number of carbonyl (C=O) groups excluding carboxylic acids is 3. The number of nitro groups is 1. The van der Waals surface area contributed by atoms with Crippen LogP contribution in [-0.2, 0) is 20.7 Å². The summed E-state index contributed by atoms with van der Waals surface area (Å²) in [6.45, 7) is 1.55. The van der Waals surface area contributed by atoms with Gasteiger partial charge in [-0.2, -0.15) is 0 Å². The zero-order valence-corrected chi connectivity index (χ0v) is 17.9. The van der Waals surface area contributed by atoms with E-state index >= 15 is 0 Å². The first-order valence-electron chi connectivity index (χ1n) is 9.82. The molecular weight excluding hydrogens is 440 g/mol. The third kappa shape index (κ3) is 6.49. The molecule has 1 saturated heterocycles. The fraction of sp³-hybridized carbons (Fsp3) is 0.350. The first kappa shape index (κ1) is 23.2. The van der Waals surface area contributed by atoms with Crippen LogP contribution >= 0.6 is 11.3 Å². The molecule has 0 unspecified atom stereocenters. The molecule has 0 spiro atoms. The highest BCUT2D eigenvalue weighted by Crippen LogP contribution is 2.27. The van der Waals surface area contributed by atoms with E-state index in [0.717, 1.165) is 10.9 Å². The van der Waals surface area contributed by atoms with Gasteiger partial charge in [0.2, 0.25) is 0 Å². The molecule has 12 heteroatoms. The Balaban J connectivity index is 1.54. The molecule has 1 aliphatic rings. The topological polar surface area (TPSA) is 140 Å². The SMILES string of the molecule is O=C(COC(=O)c1cc([N+](=O)[O-])ccc1N1CCOCC1)NC(=O)NCCc1cccs1. The fourth-order valence-electron chi connectivity index (χ4n) is 3.05. The number of ether oxygens (including phenoxy) is 2. The summed E-state index contributed by atoms with van der Waals surface area (Å²) < 4.78 is 10.3. The smallest absolute Gasteiger partial charge is 0.341 e. The number of anilines is 1. The number of carbonyl (C=O) groups is 3. The number of non-ortho nitro benzene ring substituents is 1.